The maximum Gasteiger partial charge on any atom is 0.307 e. The number of aromatic nitrogens is 1. The van der Waals surface area contributed by atoms with Crippen LogP contribution < -0.4 is 0 Å². The van der Waals surface area contributed by atoms with Crippen LogP contribution >= 0.6 is 11.6 Å². The number of carboxylic acid groups (broad SMARTS) is 1. The lowest BCUT2D eigenvalue weighted by Crippen LogP contribution is -2.01. The van der Waals surface area contributed by atoms with Crippen LogP contribution in [0.15, 0.2) is 66.7 Å². The molecule has 0 aliphatic carbocycles. The number of aliphatic carboxylic acids is 1. The zero-order valence-electron chi connectivity index (χ0n) is 14.8. The van der Waals surface area contributed by atoms with Crippen molar-refractivity contribution >= 4 is 28.5 Å². The van der Waals surface area contributed by atoms with Crippen molar-refractivity contribution in [2.24, 2.45) is 0 Å². The van der Waals surface area contributed by atoms with Gasteiger partial charge in [0.2, 0.25) is 0 Å². The van der Waals surface area contributed by atoms with Crippen LogP contribution in [0.5, 0.6) is 0 Å². The molecule has 0 radical (unpaired) electrons. The van der Waals surface area contributed by atoms with Gasteiger partial charge in [0, 0.05) is 5.39 Å². The molecule has 4 rings (SSSR count). The Balaban J connectivity index is 1.87. The average molecular weight is 376 g/mol. The number of rotatable bonds is 4. The molecule has 0 fully saturated rings. The number of hydrogen-bond acceptors (Lipinski definition) is 1. The lowest BCUT2D eigenvalue weighted by atomic mass is 9.99. The standard InChI is InChI=1S/C23H18ClNO2/c1-14-7-12-19(24)21-18(13-20(26)27)23(25-22(14)21)17-10-8-16(9-11-17)15-5-3-2-4-6-15/h2-12,25H,13H2,1H3,(H,26,27). The Morgan fingerprint density at radius 1 is 0.926 bits per heavy atom. The van der Waals surface area contributed by atoms with Crippen LogP contribution in [0.4, 0.5) is 0 Å². The Hall–Kier alpha value is -3.04. The summed E-state index contributed by atoms with van der Waals surface area (Å²) in [7, 11) is 0. The number of benzene rings is 3. The Morgan fingerprint density at radius 3 is 2.22 bits per heavy atom. The molecule has 1 heterocycles. The van der Waals surface area contributed by atoms with E-state index in [1.807, 2.05) is 49.4 Å². The molecule has 0 saturated heterocycles. The Kier molecular flexibility index (Phi) is 4.46. The molecule has 0 amide bonds. The van der Waals surface area contributed by atoms with Crippen LogP contribution in [-0.4, -0.2) is 16.1 Å². The van der Waals surface area contributed by atoms with Gasteiger partial charge in [-0.3, -0.25) is 4.79 Å². The molecule has 3 nitrogen and oxygen atoms in total. The van der Waals surface area contributed by atoms with Gasteiger partial charge in [-0.05, 0) is 40.8 Å². The molecule has 2 N–H and O–H groups in total. The number of fused-ring (bicyclic) bond motifs is 1. The summed E-state index contributed by atoms with van der Waals surface area (Å²) in [5.74, 6) is -0.879. The van der Waals surface area contributed by atoms with E-state index in [2.05, 4.69) is 29.2 Å². The molecule has 27 heavy (non-hydrogen) atoms. The van der Waals surface area contributed by atoms with Gasteiger partial charge < -0.3 is 10.1 Å². The molecule has 0 atom stereocenters. The van der Waals surface area contributed by atoms with Crippen LogP contribution in [0.3, 0.4) is 0 Å². The van der Waals surface area contributed by atoms with Gasteiger partial charge >= 0.3 is 5.97 Å². The summed E-state index contributed by atoms with van der Waals surface area (Å²) in [6.07, 6.45) is -0.0844. The summed E-state index contributed by atoms with van der Waals surface area (Å²) in [5.41, 5.74) is 6.66. The zero-order valence-corrected chi connectivity index (χ0v) is 15.5. The van der Waals surface area contributed by atoms with Crippen molar-refractivity contribution in [3.05, 3.63) is 82.9 Å². The van der Waals surface area contributed by atoms with Crippen molar-refractivity contribution in [2.75, 3.05) is 0 Å². The second-order valence-electron chi connectivity index (χ2n) is 6.61. The van der Waals surface area contributed by atoms with Gasteiger partial charge in [0.15, 0.2) is 0 Å². The van der Waals surface area contributed by atoms with Crippen molar-refractivity contribution in [2.45, 2.75) is 13.3 Å². The summed E-state index contributed by atoms with van der Waals surface area (Å²) >= 11 is 6.41. The Labute approximate surface area is 162 Å². The van der Waals surface area contributed by atoms with Crippen molar-refractivity contribution < 1.29 is 9.90 Å². The second-order valence-corrected chi connectivity index (χ2v) is 7.01. The van der Waals surface area contributed by atoms with E-state index in [1.165, 1.54) is 0 Å². The van der Waals surface area contributed by atoms with Crippen LogP contribution in [0.1, 0.15) is 11.1 Å². The van der Waals surface area contributed by atoms with Gasteiger partial charge in [0.25, 0.3) is 0 Å². The monoisotopic (exact) mass is 375 g/mol. The minimum absolute atomic E-state index is 0.0844. The van der Waals surface area contributed by atoms with E-state index >= 15 is 0 Å². The number of aryl methyl sites for hydroxylation is 1. The van der Waals surface area contributed by atoms with Gasteiger partial charge in [0.1, 0.15) is 0 Å². The molecule has 4 heteroatoms. The minimum atomic E-state index is -0.879. The van der Waals surface area contributed by atoms with Crippen LogP contribution in [0.2, 0.25) is 5.02 Å². The van der Waals surface area contributed by atoms with Crippen LogP contribution in [-0.2, 0) is 11.2 Å². The lowest BCUT2D eigenvalue weighted by Gasteiger charge is -2.06. The Morgan fingerprint density at radius 2 is 1.56 bits per heavy atom. The molecule has 0 aliphatic heterocycles. The summed E-state index contributed by atoms with van der Waals surface area (Å²) < 4.78 is 0. The number of aromatic amines is 1. The first-order valence-electron chi connectivity index (χ1n) is 8.72. The predicted molar refractivity (Wildman–Crippen MR) is 110 cm³/mol. The third kappa shape index (κ3) is 3.22. The molecule has 0 saturated carbocycles. The molecule has 0 spiro atoms. The maximum absolute atomic E-state index is 11.5. The molecular weight excluding hydrogens is 358 g/mol. The van der Waals surface area contributed by atoms with Gasteiger partial charge in [-0.15, -0.1) is 0 Å². The number of halogens is 1. The van der Waals surface area contributed by atoms with Crippen molar-refractivity contribution in [3.63, 3.8) is 0 Å². The first-order chi connectivity index (χ1) is 13.0. The van der Waals surface area contributed by atoms with Gasteiger partial charge in [0.05, 0.1) is 22.7 Å². The van der Waals surface area contributed by atoms with Crippen molar-refractivity contribution in [1.82, 2.24) is 4.98 Å². The Bertz CT molecular complexity index is 1130. The molecule has 3 aromatic carbocycles. The normalized spacial score (nSPS) is 11.0. The molecule has 0 unspecified atom stereocenters. The second kappa shape index (κ2) is 6.93. The summed E-state index contributed by atoms with van der Waals surface area (Å²) in [5, 5.41) is 10.8. The van der Waals surface area contributed by atoms with Crippen molar-refractivity contribution in [1.29, 1.82) is 0 Å². The first-order valence-corrected chi connectivity index (χ1v) is 9.09. The molecular formula is C23H18ClNO2. The van der Waals surface area contributed by atoms with Crippen LogP contribution in [0, 0.1) is 6.92 Å². The highest BCUT2D eigenvalue weighted by molar-refractivity contribution is 6.36. The van der Waals surface area contributed by atoms with E-state index < -0.39 is 5.97 Å². The van der Waals surface area contributed by atoms with E-state index in [9.17, 15) is 9.90 Å². The molecule has 0 aliphatic rings. The van der Waals surface area contributed by atoms with Gasteiger partial charge in [-0.25, -0.2) is 0 Å². The fourth-order valence-electron chi connectivity index (χ4n) is 3.50. The predicted octanol–water partition coefficient (Wildman–Crippen LogP) is 6.09. The fourth-order valence-corrected chi connectivity index (χ4v) is 3.77. The van der Waals surface area contributed by atoms with E-state index in [1.54, 1.807) is 0 Å². The molecule has 134 valence electrons. The maximum atomic E-state index is 11.5. The van der Waals surface area contributed by atoms with Crippen molar-refractivity contribution in [3.8, 4) is 22.4 Å². The number of carboxylic acids is 1. The SMILES string of the molecule is Cc1ccc(Cl)c2c(CC(=O)O)c(-c3ccc(-c4ccccc4)cc3)[nH]c12. The minimum Gasteiger partial charge on any atom is -0.481 e. The highest BCUT2D eigenvalue weighted by Gasteiger charge is 2.19. The fraction of sp³-hybridized carbons (Fsp3) is 0.0870. The summed E-state index contributed by atoms with van der Waals surface area (Å²) in [4.78, 5) is 14.9. The van der Waals surface area contributed by atoms with E-state index in [4.69, 9.17) is 11.6 Å². The largest absolute Gasteiger partial charge is 0.481 e. The number of hydrogen-bond donors (Lipinski definition) is 2. The quantitative estimate of drug-likeness (QED) is 0.453. The third-order valence-corrected chi connectivity index (χ3v) is 5.14. The lowest BCUT2D eigenvalue weighted by molar-refractivity contribution is -0.136. The third-order valence-electron chi connectivity index (χ3n) is 4.83. The summed E-state index contributed by atoms with van der Waals surface area (Å²) in [6.45, 7) is 1.99. The summed E-state index contributed by atoms with van der Waals surface area (Å²) in [6, 6.07) is 22.0. The van der Waals surface area contributed by atoms with E-state index in [-0.39, 0.29) is 6.42 Å². The molecule has 0 bridgehead atoms. The molecule has 4 aromatic rings. The first kappa shape index (κ1) is 17.4. The van der Waals surface area contributed by atoms with Gasteiger partial charge in [-0.2, -0.15) is 0 Å². The number of carbonyl (C=O) groups is 1. The zero-order chi connectivity index (χ0) is 19.0. The highest BCUT2D eigenvalue weighted by atomic mass is 35.5. The highest BCUT2D eigenvalue weighted by Crippen LogP contribution is 2.37. The topological polar surface area (TPSA) is 53.1 Å². The van der Waals surface area contributed by atoms with Gasteiger partial charge in [-0.1, -0.05) is 72.3 Å². The van der Waals surface area contributed by atoms with Crippen LogP contribution in [0.25, 0.3) is 33.3 Å². The number of nitrogens with one attached hydrogen (secondary N) is 1. The smallest absolute Gasteiger partial charge is 0.307 e. The molecule has 1 aromatic heterocycles. The van der Waals surface area contributed by atoms with E-state index in [0.29, 0.717) is 5.02 Å². The average Bonchev–Trinajstić information content (AvgIpc) is 3.05. The van der Waals surface area contributed by atoms with E-state index in [0.717, 1.165) is 44.4 Å². The number of H-pyrrole nitrogens is 1.